The van der Waals surface area contributed by atoms with E-state index in [4.69, 9.17) is 11.5 Å². The zero-order chi connectivity index (χ0) is 25.1. The number of hydrogen-bond donors (Lipinski definition) is 6. The molecule has 0 aliphatic rings. The fourth-order valence-corrected chi connectivity index (χ4v) is 2.94. The van der Waals surface area contributed by atoms with E-state index in [1.165, 1.54) is 6.92 Å². The molecule has 11 nitrogen and oxygen atoms in total. The quantitative estimate of drug-likeness (QED) is 0.217. The lowest BCUT2D eigenvalue weighted by atomic mass is 10.0. The number of carbonyl (C=O) groups is 5. The van der Waals surface area contributed by atoms with Crippen LogP contribution in [0.1, 0.15) is 39.2 Å². The van der Waals surface area contributed by atoms with Gasteiger partial charge in [0.05, 0.1) is 6.04 Å². The molecule has 1 aromatic rings. The summed E-state index contributed by atoms with van der Waals surface area (Å²) in [5.74, 6) is -4.12. The van der Waals surface area contributed by atoms with Crippen LogP contribution in [0.4, 0.5) is 0 Å². The summed E-state index contributed by atoms with van der Waals surface area (Å²) in [5, 5.41) is 16.8. The number of nitrogens with two attached hydrogens (primary N) is 2. The lowest BCUT2D eigenvalue weighted by Gasteiger charge is -2.25. The van der Waals surface area contributed by atoms with Gasteiger partial charge in [0.25, 0.3) is 0 Å². The molecule has 0 aliphatic carbocycles. The van der Waals surface area contributed by atoms with E-state index in [-0.39, 0.29) is 25.2 Å². The predicted octanol–water partition coefficient (Wildman–Crippen LogP) is -0.963. The lowest BCUT2D eigenvalue weighted by molar-refractivity contribution is -0.143. The first-order valence-corrected chi connectivity index (χ1v) is 10.6. The second-order valence-corrected chi connectivity index (χ2v) is 8.16. The Bertz CT molecular complexity index is 845. The van der Waals surface area contributed by atoms with Crippen molar-refractivity contribution in [3.05, 3.63) is 35.9 Å². The summed E-state index contributed by atoms with van der Waals surface area (Å²) in [5.41, 5.74) is 11.5. The van der Waals surface area contributed by atoms with E-state index in [2.05, 4.69) is 16.0 Å². The van der Waals surface area contributed by atoms with Crippen molar-refractivity contribution in [2.75, 3.05) is 0 Å². The van der Waals surface area contributed by atoms with Crippen LogP contribution in [-0.2, 0) is 30.4 Å². The maximum Gasteiger partial charge on any atom is 0.326 e. The first kappa shape index (κ1) is 27.6. The van der Waals surface area contributed by atoms with Crippen molar-refractivity contribution in [1.29, 1.82) is 0 Å². The van der Waals surface area contributed by atoms with Gasteiger partial charge in [-0.15, -0.1) is 0 Å². The first-order chi connectivity index (χ1) is 15.4. The molecule has 8 N–H and O–H groups in total. The Morgan fingerprint density at radius 1 is 0.909 bits per heavy atom. The summed E-state index contributed by atoms with van der Waals surface area (Å²) >= 11 is 0. The fraction of sp³-hybridized carbons (Fsp3) is 0.500. The molecule has 0 saturated carbocycles. The molecule has 0 heterocycles. The second kappa shape index (κ2) is 13.2. The van der Waals surface area contributed by atoms with Gasteiger partial charge in [-0.1, -0.05) is 44.2 Å². The van der Waals surface area contributed by atoms with Crippen molar-refractivity contribution in [3.63, 3.8) is 0 Å². The molecule has 1 rings (SSSR count). The Balaban J connectivity index is 2.89. The number of amides is 4. The van der Waals surface area contributed by atoms with E-state index in [1.54, 1.807) is 44.2 Å². The number of nitrogens with one attached hydrogen (secondary N) is 3. The smallest absolute Gasteiger partial charge is 0.326 e. The van der Waals surface area contributed by atoms with Gasteiger partial charge in [-0.3, -0.25) is 19.2 Å². The Hall–Kier alpha value is -3.47. The van der Waals surface area contributed by atoms with Crippen LogP contribution in [0, 0.1) is 5.92 Å². The van der Waals surface area contributed by atoms with Crippen LogP contribution < -0.4 is 27.4 Å². The number of rotatable bonds is 13. The highest BCUT2D eigenvalue weighted by atomic mass is 16.4. The van der Waals surface area contributed by atoms with Crippen molar-refractivity contribution in [3.8, 4) is 0 Å². The molecule has 0 aliphatic heterocycles. The molecule has 4 atom stereocenters. The Kier molecular flexibility index (Phi) is 11.0. The van der Waals surface area contributed by atoms with Gasteiger partial charge >= 0.3 is 5.97 Å². The molecule has 0 fully saturated rings. The highest BCUT2D eigenvalue weighted by Crippen LogP contribution is 2.07. The van der Waals surface area contributed by atoms with E-state index in [9.17, 15) is 29.1 Å². The summed E-state index contributed by atoms with van der Waals surface area (Å²) in [7, 11) is 0. The summed E-state index contributed by atoms with van der Waals surface area (Å²) in [4.78, 5) is 60.0. The minimum atomic E-state index is -1.19. The van der Waals surface area contributed by atoms with Gasteiger partial charge < -0.3 is 32.5 Å². The zero-order valence-corrected chi connectivity index (χ0v) is 19.0. The van der Waals surface area contributed by atoms with E-state index in [0.717, 1.165) is 5.56 Å². The van der Waals surface area contributed by atoms with Crippen LogP contribution >= 0.6 is 0 Å². The van der Waals surface area contributed by atoms with E-state index < -0.39 is 53.8 Å². The third-order valence-corrected chi connectivity index (χ3v) is 4.94. The molecule has 11 heteroatoms. The van der Waals surface area contributed by atoms with Gasteiger partial charge in [0.2, 0.25) is 23.6 Å². The van der Waals surface area contributed by atoms with Crippen molar-refractivity contribution in [2.24, 2.45) is 17.4 Å². The maximum atomic E-state index is 12.9. The molecule has 0 spiro atoms. The highest BCUT2D eigenvalue weighted by Gasteiger charge is 2.30. The number of carboxylic acid groups (broad SMARTS) is 1. The summed E-state index contributed by atoms with van der Waals surface area (Å²) < 4.78 is 0. The number of benzene rings is 1. The Morgan fingerprint density at radius 3 is 2.03 bits per heavy atom. The van der Waals surface area contributed by atoms with Crippen molar-refractivity contribution >= 4 is 29.6 Å². The largest absolute Gasteiger partial charge is 0.480 e. The molecule has 0 saturated heterocycles. The SMILES string of the molecule is CC(C)[C@H](NC(=O)[C@H](Cc1ccccc1)NC(=O)[C@H](C)NC(=O)[C@@H](N)CCC(N)=O)C(=O)O. The summed E-state index contributed by atoms with van der Waals surface area (Å²) in [6.07, 6.45) is 0.0665. The second-order valence-electron chi connectivity index (χ2n) is 8.16. The average molecular weight is 464 g/mol. The van der Waals surface area contributed by atoms with Crippen molar-refractivity contribution in [1.82, 2.24) is 16.0 Å². The van der Waals surface area contributed by atoms with Gasteiger partial charge in [0.15, 0.2) is 0 Å². The van der Waals surface area contributed by atoms with Gasteiger partial charge in [0, 0.05) is 12.8 Å². The van der Waals surface area contributed by atoms with Gasteiger partial charge in [0.1, 0.15) is 18.1 Å². The average Bonchev–Trinajstić information content (AvgIpc) is 2.74. The topological polar surface area (TPSA) is 194 Å². The van der Waals surface area contributed by atoms with Gasteiger partial charge in [-0.05, 0) is 24.8 Å². The molecule has 0 bridgehead atoms. The molecular formula is C22H33N5O6. The molecular weight excluding hydrogens is 430 g/mol. The normalized spacial score (nSPS) is 14.5. The third-order valence-electron chi connectivity index (χ3n) is 4.94. The monoisotopic (exact) mass is 463 g/mol. The van der Waals surface area contributed by atoms with Crippen LogP contribution in [0.15, 0.2) is 30.3 Å². The Morgan fingerprint density at radius 2 is 1.52 bits per heavy atom. The van der Waals surface area contributed by atoms with E-state index in [0.29, 0.717) is 0 Å². The molecule has 182 valence electrons. The van der Waals surface area contributed by atoms with Crippen LogP contribution in [-0.4, -0.2) is 58.9 Å². The standard InChI is InChI=1S/C22H33N5O6/c1-12(2)18(22(32)33)27-21(31)16(11-14-7-5-4-6-8-14)26-19(29)13(3)25-20(30)15(23)9-10-17(24)28/h4-8,12-13,15-16,18H,9-11,23H2,1-3H3,(H2,24,28)(H,25,30)(H,26,29)(H,27,31)(H,32,33)/t13-,15-,16-,18-/m0/s1. The van der Waals surface area contributed by atoms with Crippen molar-refractivity contribution < 1.29 is 29.1 Å². The minimum absolute atomic E-state index is 0.0281. The zero-order valence-electron chi connectivity index (χ0n) is 19.0. The van der Waals surface area contributed by atoms with Crippen molar-refractivity contribution in [2.45, 2.75) is 64.2 Å². The molecule has 0 unspecified atom stereocenters. The molecule has 1 aromatic carbocycles. The lowest BCUT2D eigenvalue weighted by Crippen LogP contribution is -2.57. The number of carboxylic acids is 1. The van der Waals surface area contributed by atoms with Gasteiger partial charge in [-0.25, -0.2) is 4.79 Å². The number of hydrogen-bond acceptors (Lipinski definition) is 6. The third kappa shape index (κ3) is 9.69. The Labute approximate surface area is 192 Å². The van der Waals surface area contributed by atoms with E-state index >= 15 is 0 Å². The summed E-state index contributed by atoms with van der Waals surface area (Å²) in [6, 6.07) is 4.61. The van der Waals surface area contributed by atoms with Crippen LogP contribution in [0.3, 0.4) is 0 Å². The van der Waals surface area contributed by atoms with E-state index in [1.807, 2.05) is 0 Å². The summed E-state index contributed by atoms with van der Waals surface area (Å²) in [6.45, 7) is 4.73. The number of carbonyl (C=O) groups excluding carboxylic acids is 4. The predicted molar refractivity (Wildman–Crippen MR) is 120 cm³/mol. The van der Waals surface area contributed by atoms with Crippen LogP contribution in [0.25, 0.3) is 0 Å². The first-order valence-electron chi connectivity index (χ1n) is 10.6. The molecule has 0 aromatic heterocycles. The highest BCUT2D eigenvalue weighted by molar-refractivity contribution is 5.94. The fourth-order valence-electron chi connectivity index (χ4n) is 2.94. The molecule has 0 radical (unpaired) electrons. The van der Waals surface area contributed by atoms with Crippen LogP contribution in [0.5, 0.6) is 0 Å². The molecule has 4 amide bonds. The minimum Gasteiger partial charge on any atom is -0.480 e. The van der Waals surface area contributed by atoms with Crippen LogP contribution in [0.2, 0.25) is 0 Å². The number of aliphatic carboxylic acids is 1. The molecule has 33 heavy (non-hydrogen) atoms. The van der Waals surface area contributed by atoms with Gasteiger partial charge in [-0.2, -0.15) is 0 Å². The maximum absolute atomic E-state index is 12.9. The number of primary amides is 1.